The number of para-hydroxylation sites is 1. The Balaban J connectivity index is 2.05. The molecule has 0 bridgehead atoms. The molecule has 0 aliphatic carbocycles. The van der Waals surface area contributed by atoms with Gasteiger partial charge in [0.05, 0.1) is 11.2 Å². The lowest BCUT2D eigenvalue weighted by atomic mass is 10.2. The van der Waals surface area contributed by atoms with Crippen molar-refractivity contribution in [3.05, 3.63) is 48.4 Å². The fraction of sp³-hybridized carbons (Fsp3) is 0.0714. The van der Waals surface area contributed by atoms with E-state index in [0.29, 0.717) is 17.5 Å². The van der Waals surface area contributed by atoms with Crippen molar-refractivity contribution in [3.63, 3.8) is 0 Å². The topological polar surface area (TPSA) is 76.7 Å². The van der Waals surface area contributed by atoms with Gasteiger partial charge in [-0.15, -0.1) is 0 Å². The first-order chi connectivity index (χ1) is 9.22. The third kappa shape index (κ3) is 2.30. The Bertz CT molecular complexity index is 713. The number of aromatic nitrogens is 3. The monoisotopic (exact) mass is 251 g/mol. The number of anilines is 3. The second-order valence-electron chi connectivity index (χ2n) is 4.23. The van der Waals surface area contributed by atoms with Gasteiger partial charge in [-0.1, -0.05) is 18.2 Å². The molecule has 0 aliphatic heterocycles. The standard InChI is InChI=1S/C14H13N5/c1-9-17-12(15)8-13(18-9)19-11-6-2-4-10-5-3-7-16-14(10)11/h2-8H,1H3,(H3,15,17,18,19). The molecule has 0 aliphatic rings. The molecule has 2 aromatic heterocycles. The van der Waals surface area contributed by atoms with E-state index in [1.165, 1.54) is 0 Å². The molecule has 2 heterocycles. The smallest absolute Gasteiger partial charge is 0.136 e. The lowest BCUT2D eigenvalue weighted by Gasteiger charge is -2.09. The molecule has 5 nitrogen and oxygen atoms in total. The molecule has 0 atom stereocenters. The highest BCUT2D eigenvalue weighted by Gasteiger charge is 2.04. The SMILES string of the molecule is Cc1nc(N)cc(Nc2cccc3cccnc23)n1. The molecule has 3 aromatic rings. The lowest BCUT2D eigenvalue weighted by molar-refractivity contribution is 1.06. The van der Waals surface area contributed by atoms with Crippen molar-refractivity contribution in [2.75, 3.05) is 11.1 Å². The fourth-order valence-corrected chi connectivity index (χ4v) is 2.00. The largest absolute Gasteiger partial charge is 0.384 e. The minimum Gasteiger partial charge on any atom is -0.384 e. The quantitative estimate of drug-likeness (QED) is 0.732. The molecular formula is C14H13N5. The van der Waals surface area contributed by atoms with Crippen LogP contribution in [0.5, 0.6) is 0 Å². The van der Waals surface area contributed by atoms with Crippen molar-refractivity contribution >= 4 is 28.2 Å². The molecule has 94 valence electrons. The maximum Gasteiger partial charge on any atom is 0.136 e. The number of nitrogens with zero attached hydrogens (tertiary/aromatic N) is 3. The summed E-state index contributed by atoms with van der Waals surface area (Å²) in [6.45, 7) is 1.81. The molecule has 5 heteroatoms. The molecule has 3 rings (SSSR count). The highest BCUT2D eigenvalue weighted by Crippen LogP contribution is 2.24. The molecule has 0 saturated heterocycles. The molecule has 3 N–H and O–H groups in total. The Morgan fingerprint density at radius 3 is 2.79 bits per heavy atom. The Morgan fingerprint density at radius 2 is 1.95 bits per heavy atom. The van der Waals surface area contributed by atoms with E-state index in [9.17, 15) is 0 Å². The van der Waals surface area contributed by atoms with Gasteiger partial charge in [0.25, 0.3) is 0 Å². The molecule has 0 saturated carbocycles. The van der Waals surface area contributed by atoms with E-state index in [2.05, 4.69) is 20.3 Å². The number of nitrogens with one attached hydrogen (secondary N) is 1. The van der Waals surface area contributed by atoms with Crippen molar-refractivity contribution < 1.29 is 0 Å². The zero-order chi connectivity index (χ0) is 13.2. The predicted octanol–water partition coefficient (Wildman–Crippen LogP) is 2.66. The number of nitrogen functional groups attached to an aromatic ring is 1. The van der Waals surface area contributed by atoms with Gasteiger partial charge in [-0.25, -0.2) is 9.97 Å². The van der Waals surface area contributed by atoms with Gasteiger partial charge in [-0.05, 0) is 19.1 Å². The van der Waals surface area contributed by atoms with E-state index in [0.717, 1.165) is 16.6 Å². The molecule has 0 spiro atoms. The summed E-state index contributed by atoms with van der Waals surface area (Å²) >= 11 is 0. The van der Waals surface area contributed by atoms with Crippen molar-refractivity contribution in [1.82, 2.24) is 15.0 Å². The summed E-state index contributed by atoms with van der Waals surface area (Å²) in [5, 5.41) is 4.31. The van der Waals surface area contributed by atoms with Crippen LogP contribution in [0.15, 0.2) is 42.6 Å². The van der Waals surface area contributed by atoms with Crippen LogP contribution in [0, 0.1) is 6.92 Å². The highest BCUT2D eigenvalue weighted by atomic mass is 15.1. The summed E-state index contributed by atoms with van der Waals surface area (Å²) in [5.41, 5.74) is 7.52. The summed E-state index contributed by atoms with van der Waals surface area (Å²) in [5.74, 6) is 1.75. The predicted molar refractivity (Wildman–Crippen MR) is 76.2 cm³/mol. The van der Waals surface area contributed by atoms with Gasteiger partial charge in [0.1, 0.15) is 17.5 Å². The minimum atomic E-state index is 0.447. The van der Waals surface area contributed by atoms with Crippen molar-refractivity contribution in [3.8, 4) is 0 Å². The van der Waals surface area contributed by atoms with Gasteiger partial charge in [0, 0.05) is 17.6 Å². The molecule has 0 unspecified atom stereocenters. The minimum absolute atomic E-state index is 0.447. The van der Waals surface area contributed by atoms with Crippen molar-refractivity contribution in [1.29, 1.82) is 0 Å². The zero-order valence-electron chi connectivity index (χ0n) is 10.5. The lowest BCUT2D eigenvalue weighted by Crippen LogP contribution is -2.01. The fourth-order valence-electron chi connectivity index (χ4n) is 2.00. The van der Waals surface area contributed by atoms with Gasteiger partial charge in [-0.3, -0.25) is 4.98 Å². The molecular weight excluding hydrogens is 238 g/mol. The Morgan fingerprint density at radius 1 is 1.11 bits per heavy atom. The number of aryl methyl sites for hydroxylation is 1. The van der Waals surface area contributed by atoms with Crippen LogP contribution in [0.2, 0.25) is 0 Å². The number of hydrogen-bond acceptors (Lipinski definition) is 5. The van der Waals surface area contributed by atoms with E-state index in [-0.39, 0.29) is 0 Å². The van der Waals surface area contributed by atoms with Crippen LogP contribution < -0.4 is 11.1 Å². The van der Waals surface area contributed by atoms with Gasteiger partial charge in [-0.2, -0.15) is 0 Å². The molecule has 19 heavy (non-hydrogen) atoms. The van der Waals surface area contributed by atoms with E-state index in [1.54, 1.807) is 12.3 Å². The second kappa shape index (κ2) is 4.53. The van der Waals surface area contributed by atoms with Crippen LogP contribution >= 0.6 is 0 Å². The number of benzene rings is 1. The van der Waals surface area contributed by atoms with Gasteiger partial charge >= 0.3 is 0 Å². The van der Waals surface area contributed by atoms with Gasteiger partial charge in [0.2, 0.25) is 0 Å². The third-order valence-corrected chi connectivity index (χ3v) is 2.75. The summed E-state index contributed by atoms with van der Waals surface area (Å²) in [7, 11) is 0. The summed E-state index contributed by atoms with van der Waals surface area (Å²) < 4.78 is 0. The number of nitrogens with two attached hydrogens (primary N) is 1. The second-order valence-corrected chi connectivity index (χ2v) is 4.23. The van der Waals surface area contributed by atoms with Crippen LogP contribution in [0.4, 0.5) is 17.3 Å². The summed E-state index contributed by atoms with van der Waals surface area (Å²) in [6.07, 6.45) is 1.77. The van der Waals surface area contributed by atoms with Gasteiger partial charge in [0.15, 0.2) is 0 Å². The Labute approximate surface area is 110 Å². The van der Waals surface area contributed by atoms with E-state index >= 15 is 0 Å². The van der Waals surface area contributed by atoms with Crippen molar-refractivity contribution in [2.45, 2.75) is 6.92 Å². The van der Waals surface area contributed by atoms with Crippen LogP contribution in [-0.4, -0.2) is 15.0 Å². The third-order valence-electron chi connectivity index (χ3n) is 2.75. The first-order valence-corrected chi connectivity index (χ1v) is 5.94. The first kappa shape index (κ1) is 11.4. The maximum atomic E-state index is 5.72. The summed E-state index contributed by atoms with van der Waals surface area (Å²) in [6, 6.07) is 11.6. The van der Waals surface area contributed by atoms with E-state index < -0.39 is 0 Å². The maximum absolute atomic E-state index is 5.72. The molecule has 1 aromatic carbocycles. The highest BCUT2D eigenvalue weighted by molar-refractivity contribution is 5.91. The molecule has 0 radical (unpaired) electrons. The Hall–Kier alpha value is -2.69. The van der Waals surface area contributed by atoms with Crippen LogP contribution in [0.1, 0.15) is 5.82 Å². The van der Waals surface area contributed by atoms with E-state index in [4.69, 9.17) is 5.73 Å². The number of fused-ring (bicyclic) bond motifs is 1. The first-order valence-electron chi connectivity index (χ1n) is 5.94. The van der Waals surface area contributed by atoms with Crippen LogP contribution in [0.25, 0.3) is 10.9 Å². The average Bonchev–Trinajstić information content (AvgIpc) is 2.38. The van der Waals surface area contributed by atoms with Gasteiger partial charge < -0.3 is 11.1 Å². The number of rotatable bonds is 2. The molecule has 0 fully saturated rings. The van der Waals surface area contributed by atoms with Crippen molar-refractivity contribution in [2.24, 2.45) is 0 Å². The van der Waals surface area contributed by atoms with Crippen LogP contribution in [-0.2, 0) is 0 Å². The van der Waals surface area contributed by atoms with E-state index in [1.807, 2.05) is 37.3 Å². The average molecular weight is 251 g/mol. The number of pyridine rings is 1. The van der Waals surface area contributed by atoms with Crippen LogP contribution in [0.3, 0.4) is 0 Å². The molecule has 0 amide bonds. The normalized spacial score (nSPS) is 10.6. The number of hydrogen-bond donors (Lipinski definition) is 2. The summed E-state index contributed by atoms with van der Waals surface area (Å²) in [4.78, 5) is 12.7. The Kier molecular flexibility index (Phi) is 2.72. The zero-order valence-corrected chi connectivity index (χ0v) is 10.5.